The lowest BCUT2D eigenvalue weighted by Crippen LogP contribution is -2.36. The molecule has 0 amide bonds. The van der Waals surface area contributed by atoms with Crippen LogP contribution in [0.4, 0.5) is 4.39 Å². The Labute approximate surface area is 111 Å². The molecule has 0 saturated heterocycles. The van der Waals surface area contributed by atoms with Crippen molar-refractivity contribution in [1.29, 1.82) is 0 Å². The van der Waals surface area contributed by atoms with Gasteiger partial charge in [-0.2, -0.15) is 0 Å². The van der Waals surface area contributed by atoms with Gasteiger partial charge in [0.05, 0.1) is 0 Å². The molecule has 1 nitrogen and oxygen atoms in total. The zero-order valence-electron chi connectivity index (χ0n) is 11.7. The van der Waals surface area contributed by atoms with Crippen LogP contribution in [-0.4, -0.2) is 0 Å². The molecule has 0 bridgehead atoms. The summed E-state index contributed by atoms with van der Waals surface area (Å²) in [6, 6.07) is 6.74. The van der Waals surface area contributed by atoms with E-state index in [2.05, 4.69) is 13.8 Å². The molecule has 1 atom stereocenters. The minimum Gasteiger partial charge on any atom is -0.321 e. The maximum absolute atomic E-state index is 13.3. The highest BCUT2D eigenvalue weighted by atomic mass is 19.1. The Hall–Kier alpha value is -0.890. The molecule has 1 aromatic rings. The summed E-state index contributed by atoms with van der Waals surface area (Å²) in [5, 5.41) is 0. The molecule has 18 heavy (non-hydrogen) atoms. The van der Waals surface area contributed by atoms with E-state index in [1.807, 2.05) is 6.07 Å². The van der Waals surface area contributed by atoms with Crippen LogP contribution in [0.5, 0.6) is 0 Å². The summed E-state index contributed by atoms with van der Waals surface area (Å²) in [4.78, 5) is 0. The smallest absolute Gasteiger partial charge is 0.123 e. The van der Waals surface area contributed by atoms with Gasteiger partial charge in [0.2, 0.25) is 0 Å². The van der Waals surface area contributed by atoms with E-state index in [1.54, 1.807) is 12.1 Å². The molecule has 0 aromatic heterocycles. The van der Waals surface area contributed by atoms with Crippen molar-refractivity contribution in [3.8, 4) is 0 Å². The largest absolute Gasteiger partial charge is 0.321 e. The quantitative estimate of drug-likeness (QED) is 0.663. The number of rotatable bonds is 8. The molecule has 0 heterocycles. The third-order valence-electron chi connectivity index (χ3n) is 3.76. The van der Waals surface area contributed by atoms with Crippen LogP contribution >= 0.6 is 0 Å². The zero-order chi connectivity index (χ0) is 13.4. The molecule has 0 aliphatic carbocycles. The topological polar surface area (TPSA) is 26.0 Å². The molecule has 0 aliphatic rings. The molecule has 0 spiro atoms. The summed E-state index contributed by atoms with van der Waals surface area (Å²) < 4.78 is 13.3. The highest BCUT2D eigenvalue weighted by molar-refractivity contribution is 5.24. The van der Waals surface area contributed by atoms with E-state index in [1.165, 1.54) is 31.7 Å². The van der Waals surface area contributed by atoms with Crippen LogP contribution in [0, 0.1) is 5.82 Å². The lowest BCUT2D eigenvalue weighted by molar-refractivity contribution is 0.372. The van der Waals surface area contributed by atoms with Crippen molar-refractivity contribution in [2.24, 2.45) is 5.73 Å². The molecule has 1 unspecified atom stereocenters. The van der Waals surface area contributed by atoms with Crippen LogP contribution in [0.1, 0.15) is 64.4 Å². The Morgan fingerprint density at radius 2 is 1.83 bits per heavy atom. The molecule has 0 saturated carbocycles. The lowest BCUT2D eigenvalue weighted by atomic mass is 9.83. The Morgan fingerprint density at radius 3 is 2.44 bits per heavy atom. The molecular formula is C16H26FN. The van der Waals surface area contributed by atoms with E-state index in [-0.39, 0.29) is 11.4 Å². The first kappa shape index (κ1) is 15.2. The Balaban J connectivity index is 2.56. The van der Waals surface area contributed by atoms with Gasteiger partial charge in [-0.15, -0.1) is 0 Å². The van der Waals surface area contributed by atoms with E-state index in [9.17, 15) is 4.39 Å². The van der Waals surface area contributed by atoms with Crippen LogP contribution < -0.4 is 5.73 Å². The first-order chi connectivity index (χ1) is 8.62. The van der Waals surface area contributed by atoms with Crippen molar-refractivity contribution in [2.75, 3.05) is 0 Å². The number of halogens is 1. The van der Waals surface area contributed by atoms with E-state index >= 15 is 0 Å². The number of benzene rings is 1. The van der Waals surface area contributed by atoms with E-state index in [0.29, 0.717) is 0 Å². The van der Waals surface area contributed by atoms with Crippen molar-refractivity contribution in [2.45, 2.75) is 64.3 Å². The summed E-state index contributed by atoms with van der Waals surface area (Å²) in [5.41, 5.74) is 7.00. The second-order valence-corrected chi connectivity index (χ2v) is 5.18. The molecule has 0 radical (unpaired) electrons. The van der Waals surface area contributed by atoms with E-state index < -0.39 is 0 Å². The van der Waals surface area contributed by atoms with Gasteiger partial charge >= 0.3 is 0 Å². The second kappa shape index (κ2) is 7.52. The average molecular weight is 251 g/mol. The van der Waals surface area contributed by atoms with Crippen molar-refractivity contribution in [3.05, 3.63) is 35.6 Å². The Bertz CT molecular complexity index is 351. The van der Waals surface area contributed by atoms with Crippen molar-refractivity contribution in [3.63, 3.8) is 0 Å². The number of hydrogen-bond acceptors (Lipinski definition) is 1. The molecule has 1 rings (SSSR count). The molecule has 0 aliphatic heterocycles. The van der Waals surface area contributed by atoms with Gasteiger partial charge in [0.1, 0.15) is 5.82 Å². The SMILES string of the molecule is CCCCCCCC(N)(CC)c1cccc(F)c1. The van der Waals surface area contributed by atoms with Crippen LogP contribution in [0.25, 0.3) is 0 Å². The fraction of sp³-hybridized carbons (Fsp3) is 0.625. The molecule has 2 N–H and O–H groups in total. The minimum absolute atomic E-state index is 0.193. The minimum atomic E-state index is -0.367. The van der Waals surface area contributed by atoms with Crippen LogP contribution in [0.3, 0.4) is 0 Å². The van der Waals surface area contributed by atoms with Crippen molar-refractivity contribution >= 4 is 0 Å². The maximum atomic E-state index is 13.3. The van der Waals surface area contributed by atoms with E-state index in [4.69, 9.17) is 5.73 Å². The summed E-state index contributed by atoms with van der Waals surface area (Å²) in [5.74, 6) is -0.193. The fourth-order valence-corrected chi connectivity index (χ4v) is 2.37. The lowest BCUT2D eigenvalue weighted by Gasteiger charge is -2.29. The van der Waals surface area contributed by atoms with Gasteiger partial charge in [0, 0.05) is 5.54 Å². The van der Waals surface area contributed by atoms with Gasteiger partial charge in [-0.25, -0.2) is 4.39 Å². The first-order valence-electron chi connectivity index (χ1n) is 7.17. The third-order valence-corrected chi connectivity index (χ3v) is 3.76. The second-order valence-electron chi connectivity index (χ2n) is 5.18. The standard InChI is InChI=1S/C16H26FN/c1-3-5-6-7-8-12-16(18,4-2)14-10-9-11-15(17)13-14/h9-11,13H,3-8,12,18H2,1-2H3. The monoisotopic (exact) mass is 251 g/mol. The highest BCUT2D eigenvalue weighted by Gasteiger charge is 2.24. The van der Waals surface area contributed by atoms with Gasteiger partial charge in [-0.3, -0.25) is 0 Å². The van der Waals surface area contributed by atoms with E-state index in [0.717, 1.165) is 24.8 Å². The Kier molecular flexibility index (Phi) is 6.34. The predicted octanol–water partition coefficient (Wildman–Crippen LogP) is 4.75. The number of hydrogen-bond donors (Lipinski definition) is 1. The van der Waals surface area contributed by atoms with Gasteiger partial charge in [0.15, 0.2) is 0 Å². The molecular weight excluding hydrogens is 225 g/mol. The summed E-state index contributed by atoms with van der Waals surface area (Å²) in [7, 11) is 0. The van der Waals surface area contributed by atoms with Crippen LogP contribution in [0.15, 0.2) is 24.3 Å². The van der Waals surface area contributed by atoms with Crippen molar-refractivity contribution < 1.29 is 4.39 Å². The van der Waals surface area contributed by atoms with Gasteiger partial charge in [-0.05, 0) is 30.5 Å². The summed E-state index contributed by atoms with van der Waals surface area (Å²) >= 11 is 0. The van der Waals surface area contributed by atoms with Gasteiger partial charge in [0.25, 0.3) is 0 Å². The van der Waals surface area contributed by atoms with Gasteiger partial charge < -0.3 is 5.73 Å². The fourth-order valence-electron chi connectivity index (χ4n) is 2.37. The first-order valence-corrected chi connectivity index (χ1v) is 7.17. The maximum Gasteiger partial charge on any atom is 0.123 e. The third kappa shape index (κ3) is 4.41. The van der Waals surface area contributed by atoms with Crippen molar-refractivity contribution in [1.82, 2.24) is 0 Å². The Morgan fingerprint density at radius 1 is 1.11 bits per heavy atom. The molecule has 102 valence electrons. The molecule has 0 fully saturated rings. The van der Waals surface area contributed by atoms with Crippen LogP contribution in [0.2, 0.25) is 0 Å². The summed E-state index contributed by atoms with van der Waals surface area (Å²) in [6.07, 6.45) is 7.97. The molecule has 2 heteroatoms. The normalized spacial score (nSPS) is 14.4. The molecule has 1 aromatic carbocycles. The van der Waals surface area contributed by atoms with Gasteiger partial charge in [-0.1, -0.05) is 58.1 Å². The van der Waals surface area contributed by atoms with Crippen LogP contribution in [-0.2, 0) is 5.54 Å². The number of unbranched alkanes of at least 4 members (excludes halogenated alkanes) is 4. The zero-order valence-corrected chi connectivity index (χ0v) is 11.7. The average Bonchev–Trinajstić information content (AvgIpc) is 2.38. The summed E-state index contributed by atoms with van der Waals surface area (Å²) in [6.45, 7) is 4.29. The highest BCUT2D eigenvalue weighted by Crippen LogP contribution is 2.28. The predicted molar refractivity (Wildman–Crippen MR) is 75.9 cm³/mol. The number of nitrogens with two attached hydrogens (primary N) is 1.